The van der Waals surface area contributed by atoms with E-state index >= 15 is 0 Å². The van der Waals surface area contributed by atoms with E-state index in [1.165, 1.54) is 18.4 Å². The van der Waals surface area contributed by atoms with Crippen molar-refractivity contribution in [2.45, 2.75) is 59.3 Å². The second-order valence-electron chi connectivity index (χ2n) is 4.73. The molecule has 100 valence electrons. The molecule has 0 unspecified atom stereocenters. The van der Waals surface area contributed by atoms with Gasteiger partial charge in [0.05, 0.1) is 0 Å². The van der Waals surface area contributed by atoms with Crippen molar-refractivity contribution in [3.05, 3.63) is 28.6 Å². The SMILES string of the molecule is CCC.CCc1cc2c(c(C(N)=O)n1)CCCC2. The highest BCUT2D eigenvalue weighted by atomic mass is 16.1. The Morgan fingerprint density at radius 3 is 2.44 bits per heavy atom. The van der Waals surface area contributed by atoms with E-state index in [0.717, 1.165) is 36.9 Å². The molecule has 0 fully saturated rings. The number of rotatable bonds is 2. The zero-order chi connectivity index (χ0) is 13.5. The molecular weight excluding hydrogens is 224 g/mol. The largest absolute Gasteiger partial charge is 0.364 e. The van der Waals surface area contributed by atoms with Crippen molar-refractivity contribution in [3.63, 3.8) is 0 Å². The van der Waals surface area contributed by atoms with Crippen molar-refractivity contribution in [1.82, 2.24) is 4.98 Å². The van der Waals surface area contributed by atoms with Gasteiger partial charge in [-0.05, 0) is 49.3 Å². The predicted octanol–water partition coefficient (Wildman–Crippen LogP) is 3.04. The number of nitrogens with two attached hydrogens (primary N) is 1. The second-order valence-corrected chi connectivity index (χ2v) is 4.73. The van der Waals surface area contributed by atoms with E-state index in [2.05, 4.69) is 24.9 Å². The van der Waals surface area contributed by atoms with E-state index in [9.17, 15) is 4.79 Å². The van der Waals surface area contributed by atoms with Gasteiger partial charge in [-0.2, -0.15) is 0 Å². The fourth-order valence-electron chi connectivity index (χ4n) is 2.19. The molecule has 1 aliphatic rings. The van der Waals surface area contributed by atoms with Crippen LogP contribution < -0.4 is 5.73 Å². The van der Waals surface area contributed by atoms with Crippen LogP contribution in [-0.4, -0.2) is 10.9 Å². The minimum Gasteiger partial charge on any atom is -0.364 e. The monoisotopic (exact) mass is 248 g/mol. The molecule has 0 spiro atoms. The Balaban J connectivity index is 0.000000492. The van der Waals surface area contributed by atoms with Crippen molar-refractivity contribution in [2.75, 3.05) is 0 Å². The minimum absolute atomic E-state index is 0.386. The van der Waals surface area contributed by atoms with Crippen LogP contribution in [0.5, 0.6) is 0 Å². The third-order valence-electron chi connectivity index (χ3n) is 2.99. The van der Waals surface area contributed by atoms with Gasteiger partial charge < -0.3 is 5.73 Å². The normalized spacial score (nSPS) is 13.3. The van der Waals surface area contributed by atoms with Gasteiger partial charge in [-0.1, -0.05) is 27.2 Å². The lowest BCUT2D eigenvalue weighted by Crippen LogP contribution is -2.20. The Bertz CT molecular complexity index is 413. The van der Waals surface area contributed by atoms with Gasteiger partial charge in [-0.25, -0.2) is 4.98 Å². The van der Waals surface area contributed by atoms with Gasteiger partial charge in [-0.15, -0.1) is 0 Å². The minimum atomic E-state index is -0.386. The Morgan fingerprint density at radius 1 is 1.28 bits per heavy atom. The van der Waals surface area contributed by atoms with Crippen molar-refractivity contribution in [1.29, 1.82) is 0 Å². The lowest BCUT2D eigenvalue weighted by atomic mass is 9.90. The Kier molecular flexibility index (Phi) is 5.83. The van der Waals surface area contributed by atoms with Gasteiger partial charge in [0, 0.05) is 5.69 Å². The number of amides is 1. The third-order valence-corrected chi connectivity index (χ3v) is 2.99. The van der Waals surface area contributed by atoms with E-state index < -0.39 is 0 Å². The molecular formula is C15H24N2O. The smallest absolute Gasteiger partial charge is 0.267 e. The molecule has 2 rings (SSSR count). The maximum atomic E-state index is 11.3. The molecule has 0 saturated carbocycles. The average molecular weight is 248 g/mol. The fraction of sp³-hybridized carbons (Fsp3) is 0.600. The molecule has 1 amide bonds. The number of aryl methyl sites for hydroxylation is 2. The summed E-state index contributed by atoms with van der Waals surface area (Å²) in [5.74, 6) is -0.386. The molecule has 3 nitrogen and oxygen atoms in total. The molecule has 0 saturated heterocycles. The van der Waals surface area contributed by atoms with Crippen LogP contribution in [0, 0.1) is 0 Å². The van der Waals surface area contributed by atoms with Crippen LogP contribution in [0.4, 0.5) is 0 Å². The maximum Gasteiger partial charge on any atom is 0.267 e. The molecule has 18 heavy (non-hydrogen) atoms. The van der Waals surface area contributed by atoms with Gasteiger partial charge in [0.2, 0.25) is 0 Å². The molecule has 2 N–H and O–H groups in total. The third kappa shape index (κ3) is 3.56. The van der Waals surface area contributed by atoms with Crippen molar-refractivity contribution < 1.29 is 4.79 Å². The highest BCUT2D eigenvalue weighted by molar-refractivity contribution is 5.92. The van der Waals surface area contributed by atoms with Crippen molar-refractivity contribution in [3.8, 4) is 0 Å². The van der Waals surface area contributed by atoms with Crippen molar-refractivity contribution in [2.24, 2.45) is 5.73 Å². The number of carbonyl (C=O) groups excluding carboxylic acids is 1. The molecule has 0 atom stereocenters. The Labute approximate surface area is 110 Å². The zero-order valence-electron chi connectivity index (χ0n) is 11.8. The predicted molar refractivity (Wildman–Crippen MR) is 74.7 cm³/mol. The molecule has 0 radical (unpaired) electrons. The summed E-state index contributed by atoms with van der Waals surface area (Å²) in [6.07, 6.45) is 6.46. The Morgan fingerprint density at radius 2 is 1.89 bits per heavy atom. The first kappa shape index (κ1) is 14.7. The molecule has 1 aromatic rings. The van der Waals surface area contributed by atoms with Crippen LogP contribution in [0.1, 0.15) is 67.3 Å². The van der Waals surface area contributed by atoms with Crippen LogP contribution >= 0.6 is 0 Å². The summed E-state index contributed by atoms with van der Waals surface area (Å²) in [5, 5.41) is 0. The number of hydrogen-bond acceptors (Lipinski definition) is 2. The number of nitrogens with zero attached hydrogens (tertiary/aromatic N) is 1. The lowest BCUT2D eigenvalue weighted by molar-refractivity contribution is 0.0994. The first-order valence-corrected chi connectivity index (χ1v) is 6.95. The molecule has 0 bridgehead atoms. The van der Waals surface area contributed by atoms with Crippen molar-refractivity contribution >= 4 is 5.91 Å². The van der Waals surface area contributed by atoms with Crippen LogP contribution in [0.15, 0.2) is 6.07 Å². The van der Waals surface area contributed by atoms with E-state index in [0.29, 0.717) is 5.69 Å². The summed E-state index contributed by atoms with van der Waals surface area (Å²) in [7, 11) is 0. The van der Waals surface area contributed by atoms with Gasteiger partial charge in [0.15, 0.2) is 0 Å². The van der Waals surface area contributed by atoms with Crippen LogP contribution in [0.25, 0.3) is 0 Å². The summed E-state index contributed by atoms with van der Waals surface area (Å²) in [6.45, 7) is 6.29. The van der Waals surface area contributed by atoms with E-state index in [1.54, 1.807) is 0 Å². The van der Waals surface area contributed by atoms with Crippen LogP contribution in [0.3, 0.4) is 0 Å². The number of primary amides is 1. The quantitative estimate of drug-likeness (QED) is 0.874. The van der Waals surface area contributed by atoms with E-state index in [-0.39, 0.29) is 5.91 Å². The lowest BCUT2D eigenvalue weighted by Gasteiger charge is -2.18. The van der Waals surface area contributed by atoms with Gasteiger partial charge >= 0.3 is 0 Å². The first-order valence-electron chi connectivity index (χ1n) is 6.95. The summed E-state index contributed by atoms with van der Waals surface area (Å²) in [5.41, 5.74) is 9.21. The number of aromatic nitrogens is 1. The molecule has 1 aromatic heterocycles. The van der Waals surface area contributed by atoms with E-state index in [4.69, 9.17) is 5.73 Å². The molecule has 1 aliphatic carbocycles. The number of hydrogen-bond donors (Lipinski definition) is 1. The number of pyridine rings is 1. The highest BCUT2D eigenvalue weighted by Gasteiger charge is 2.18. The summed E-state index contributed by atoms with van der Waals surface area (Å²) < 4.78 is 0. The van der Waals surface area contributed by atoms with Gasteiger partial charge in [0.25, 0.3) is 5.91 Å². The molecule has 0 aliphatic heterocycles. The fourth-order valence-corrected chi connectivity index (χ4v) is 2.19. The highest BCUT2D eigenvalue weighted by Crippen LogP contribution is 2.24. The van der Waals surface area contributed by atoms with Crippen LogP contribution in [0.2, 0.25) is 0 Å². The molecule has 1 heterocycles. The molecule has 0 aromatic carbocycles. The number of fused-ring (bicyclic) bond motifs is 1. The van der Waals surface area contributed by atoms with E-state index in [1.807, 2.05) is 6.92 Å². The average Bonchev–Trinajstić information content (AvgIpc) is 2.38. The standard InChI is InChI=1S/C12H16N2O.C3H8/c1-2-9-7-8-5-3-4-6-10(8)11(14-9)12(13)15;1-3-2/h7H,2-6H2,1H3,(H2,13,15);3H2,1-2H3. The Hall–Kier alpha value is -1.38. The topological polar surface area (TPSA) is 56.0 Å². The zero-order valence-corrected chi connectivity index (χ0v) is 11.8. The molecule has 3 heteroatoms. The van der Waals surface area contributed by atoms with Gasteiger partial charge in [-0.3, -0.25) is 4.79 Å². The maximum absolute atomic E-state index is 11.3. The first-order chi connectivity index (χ1) is 8.63. The van der Waals surface area contributed by atoms with Gasteiger partial charge in [0.1, 0.15) is 5.69 Å². The number of carbonyl (C=O) groups is 1. The summed E-state index contributed by atoms with van der Waals surface area (Å²) in [4.78, 5) is 15.6. The van der Waals surface area contributed by atoms with Crippen LogP contribution in [-0.2, 0) is 19.3 Å². The summed E-state index contributed by atoms with van der Waals surface area (Å²) >= 11 is 0. The summed E-state index contributed by atoms with van der Waals surface area (Å²) in [6, 6.07) is 2.13. The second kappa shape index (κ2) is 7.14.